The third-order valence-corrected chi connectivity index (χ3v) is 6.17. The maximum absolute atomic E-state index is 13.3. The van der Waals surface area contributed by atoms with E-state index >= 15 is 0 Å². The summed E-state index contributed by atoms with van der Waals surface area (Å²) in [5, 5.41) is 2.98. The fourth-order valence-corrected chi connectivity index (χ4v) is 4.60. The molecule has 1 aliphatic heterocycles. The van der Waals surface area contributed by atoms with Crippen molar-refractivity contribution in [1.82, 2.24) is 5.32 Å². The van der Waals surface area contributed by atoms with Gasteiger partial charge in [0.05, 0.1) is 20.8 Å². The van der Waals surface area contributed by atoms with Crippen LogP contribution in [0.2, 0.25) is 0 Å². The maximum atomic E-state index is 13.3. The number of Topliss-reactive ketones (excluding diaryl/α,β-unsaturated/α-hetero) is 1. The van der Waals surface area contributed by atoms with Crippen LogP contribution in [0.15, 0.2) is 53.7 Å². The molecule has 0 saturated heterocycles. The molecule has 1 amide bonds. The number of allylic oxidation sites excluding steroid dienone is 2. The highest BCUT2D eigenvalue weighted by Gasteiger charge is 2.38. The molecule has 0 bridgehead atoms. The van der Waals surface area contributed by atoms with E-state index < -0.39 is 0 Å². The quantitative estimate of drug-likeness (QED) is 0.693. The van der Waals surface area contributed by atoms with E-state index in [9.17, 15) is 9.59 Å². The monoisotopic (exact) mass is 435 g/mol. The Hall–Kier alpha value is -3.28. The van der Waals surface area contributed by atoms with Crippen molar-refractivity contribution < 1.29 is 23.8 Å². The van der Waals surface area contributed by atoms with Crippen molar-refractivity contribution >= 4 is 11.7 Å². The molecular weight excluding hydrogens is 406 g/mol. The minimum atomic E-state index is -0.224. The Morgan fingerprint density at radius 3 is 2.31 bits per heavy atom. The van der Waals surface area contributed by atoms with E-state index in [1.54, 1.807) is 14.2 Å². The number of carbonyl (C=O) groups is 2. The van der Waals surface area contributed by atoms with Gasteiger partial charge in [-0.2, -0.15) is 0 Å². The van der Waals surface area contributed by atoms with Gasteiger partial charge in [0, 0.05) is 30.0 Å². The lowest BCUT2D eigenvalue weighted by Gasteiger charge is -2.34. The molecule has 0 fully saturated rings. The van der Waals surface area contributed by atoms with Crippen molar-refractivity contribution in [3.8, 4) is 17.2 Å². The van der Waals surface area contributed by atoms with Crippen molar-refractivity contribution in [2.24, 2.45) is 0 Å². The number of hydrogen-bond donors (Lipinski definition) is 1. The molecule has 6 nitrogen and oxygen atoms in total. The summed E-state index contributed by atoms with van der Waals surface area (Å²) < 4.78 is 16.4. The van der Waals surface area contributed by atoms with Crippen LogP contribution in [0.3, 0.4) is 0 Å². The highest BCUT2D eigenvalue weighted by atomic mass is 16.5. The van der Waals surface area contributed by atoms with Gasteiger partial charge in [-0.3, -0.25) is 9.59 Å². The van der Waals surface area contributed by atoms with E-state index in [-0.39, 0.29) is 29.9 Å². The minimum absolute atomic E-state index is 0.0232. The first-order valence-electron chi connectivity index (χ1n) is 11.0. The van der Waals surface area contributed by atoms with E-state index in [0.29, 0.717) is 30.9 Å². The van der Waals surface area contributed by atoms with Gasteiger partial charge in [-0.15, -0.1) is 0 Å². The van der Waals surface area contributed by atoms with Gasteiger partial charge in [0.1, 0.15) is 5.75 Å². The van der Waals surface area contributed by atoms with E-state index in [1.807, 2.05) is 42.5 Å². The summed E-state index contributed by atoms with van der Waals surface area (Å²) in [6.45, 7) is 2.73. The van der Waals surface area contributed by atoms with Crippen LogP contribution in [0.1, 0.15) is 55.6 Å². The number of amides is 1. The second-order valence-electron chi connectivity index (χ2n) is 8.26. The molecule has 6 heteroatoms. The molecule has 0 saturated carbocycles. The molecule has 2 atom stereocenters. The Morgan fingerprint density at radius 1 is 0.906 bits per heavy atom. The molecule has 0 unspecified atom stereocenters. The van der Waals surface area contributed by atoms with Crippen LogP contribution in [0.4, 0.5) is 0 Å². The van der Waals surface area contributed by atoms with E-state index in [1.165, 1.54) is 0 Å². The van der Waals surface area contributed by atoms with Crippen molar-refractivity contribution in [3.05, 3.63) is 64.9 Å². The van der Waals surface area contributed by atoms with Gasteiger partial charge in [0.2, 0.25) is 5.91 Å². The lowest BCUT2D eigenvalue weighted by molar-refractivity contribution is -0.122. The zero-order valence-electron chi connectivity index (χ0n) is 18.8. The Balaban J connectivity index is 1.62. The van der Waals surface area contributed by atoms with Gasteiger partial charge in [0.25, 0.3) is 0 Å². The summed E-state index contributed by atoms with van der Waals surface area (Å²) in [7, 11) is 3.19. The predicted molar refractivity (Wildman–Crippen MR) is 121 cm³/mol. The van der Waals surface area contributed by atoms with Crippen LogP contribution in [0.25, 0.3) is 0 Å². The second-order valence-corrected chi connectivity index (χ2v) is 8.26. The number of hydrogen-bond acceptors (Lipinski definition) is 5. The largest absolute Gasteiger partial charge is 0.494 e. The van der Waals surface area contributed by atoms with Crippen LogP contribution in [0, 0.1) is 0 Å². The van der Waals surface area contributed by atoms with Gasteiger partial charge in [-0.25, -0.2) is 0 Å². The zero-order valence-corrected chi connectivity index (χ0v) is 18.8. The first kappa shape index (κ1) is 21.9. The smallest absolute Gasteiger partial charge is 0.225 e. The fraction of sp³-hybridized carbons (Fsp3) is 0.385. The van der Waals surface area contributed by atoms with Crippen molar-refractivity contribution in [2.75, 3.05) is 20.8 Å². The number of benzene rings is 2. The van der Waals surface area contributed by atoms with Gasteiger partial charge < -0.3 is 19.5 Å². The molecule has 1 N–H and O–H groups in total. The summed E-state index contributed by atoms with van der Waals surface area (Å²) in [4.78, 5) is 25.8. The predicted octanol–water partition coefficient (Wildman–Crippen LogP) is 4.50. The molecule has 0 spiro atoms. The average Bonchev–Trinajstić information content (AvgIpc) is 2.81. The fourth-order valence-electron chi connectivity index (χ4n) is 4.60. The summed E-state index contributed by atoms with van der Waals surface area (Å²) in [5.41, 5.74) is 3.45. The van der Waals surface area contributed by atoms with Gasteiger partial charge in [-0.05, 0) is 54.2 Å². The average molecular weight is 436 g/mol. The third kappa shape index (κ3) is 4.35. The lowest BCUT2D eigenvalue weighted by atomic mass is 9.73. The summed E-state index contributed by atoms with van der Waals surface area (Å²) in [6.07, 6.45) is 2.23. The minimum Gasteiger partial charge on any atom is -0.494 e. The number of carbonyl (C=O) groups excluding carboxylic acids is 2. The number of rotatable bonds is 7. The molecule has 2 aromatic carbocycles. The van der Waals surface area contributed by atoms with Crippen LogP contribution < -0.4 is 19.5 Å². The second kappa shape index (κ2) is 9.47. The van der Waals surface area contributed by atoms with Crippen LogP contribution in [-0.4, -0.2) is 32.5 Å². The summed E-state index contributed by atoms with van der Waals surface area (Å²) >= 11 is 0. The third-order valence-electron chi connectivity index (χ3n) is 6.17. The standard InChI is InChI=1S/C26H29NO5/c1-4-11-32-19-8-5-16(6-9-19)20-15-25(29)27-21-12-18(13-22(28)26(20)21)17-7-10-23(30-2)24(14-17)31-3/h5-10,14,18,20H,4,11-13,15H2,1-3H3,(H,27,29)/t18-,20+/m0/s1. The lowest BCUT2D eigenvalue weighted by Crippen LogP contribution is -2.38. The maximum Gasteiger partial charge on any atom is 0.225 e. The van der Waals surface area contributed by atoms with Crippen LogP contribution in [0.5, 0.6) is 17.2 Å². The Bertz CT molecular complexity index is 1040. The van der Waals surface area contributed by atoms with Crippen molar-refractivity contribution in [1.29, 1.82) is 0 Å². The number of ketones is 1. The Labute approximate surface area is 188 Å². The van der Waals surface area contributed by atoms with Crippen molar-refractivity contribution in [2.45, 2.75) is 44.4 Å². The van der Waals surface area contributed by atoms with E-state index in [2.05, 4.69) is 12.2 Å². The first-order chi connectivity index (χ1) is 15.5. The molecule has 2 aromatic rings. The van der Waals surface area contributed by atoms with Gasteiger partial charge in [-0.1, -0.05) is 25.1 Å². The summed E-state index contributed by atoms with van der Waals surface area (Å²) in [6, 6.07) is 13.5. The van der Waals surface area contributed by atoms with Crippen LogP contribution in [-0.2, 0) is 9.59 Å². The molecular formula is C26H29NO5. The highest BCUT2D eigenvalue weighted by molar-refractivity contribution is 6.02. The highest BCUT2D eigenvalue weighted by Crippen LogP contribution is 2.44. The van der Waals surface area contributed by atoms with Crippen LogP contribution >= 0.6 is 0 Å². The van der Waals surface area contributed by atoms with Gasteiger partial charge >= 0.3 is 0 Å². The zero-order chi connectivity index (χ0) is 22.7. The molecule has 32 heavy (non-hydrogen) atoms. The molecule has 168 valence electrons. The first-order valence-corrected chi connectivity index (χ1v) is 11.0. The van der Waals surface area contributed by atoms with E-state index in [4.69, 9.17) is 14.2 Å². The normalized spacial score (nSPS) is 20.5. The van der Waals surface area contributed by atoms with Crippen molar-refractivity contribution in [3.63, 3.8) is 0 Å². The topological polar surface area (TPSA) is 73.9 Å². The van der Waals surface area contributed by atoms with Gasteiger partial charge in [0.15, 0.2) is 17.3 Å². The molecule has 1 heterocycles. The molecule has 4 rings (SSSR count). The summed E-state index contributed by atoms with van der Waals surface area (Å²) in [5.74, 6) is 1.86. The molecule has 2 aliphatic rings. The SMILES string of the molecule is CCCOc1ccc([C@H]2CC(=O)NC3=C2C(=O)C[C@@H](c2ccc(OC)c(OC)c2)C3)cc1. The number of nitrogens with one attached hydrogen (secondary N) is 1. The number of methoxy groups -OCH3 is 2. The van der Waals surface area contributed by atoms with E-state index in [0.717, 1.165) is 34.6 Å². The molecule has 0 aromatic heterocycles. The molecule has 1 aliphatic carbocycles. The Morgan fingerprint density at radius 2 is 1.62 bits per heavy atom. The number of ether oxygens (including phenoxy) is 3. The molecule has 0 radical (unpaired) electrons. The Kier molecular flexibility index (Phi) is 6.49.